The second-order valence-corrected chi connectivity index (χ2v) is 12.7. The lowest BCUT2D eigenvalue weighted by Crippen LogP contribution is -2.28. The van der Waals surface area contributed by atoms with Gasteiger partial charge in [-0.3, -0.25) is 14.9 Å². The fraction of sp³-hybridized carbons (Fsp3) is 0.333. The lowest BCUT2D eigenvalue weighted by atomic mass is 9.72. The molecule has 5 rings (SSSR count). The van der Waals surface area contributed by atoms with E-state index in [2.05, 4.69) is 31.1 Å². The maximum Gasteiger partial charge on any atom is 0.282 e. The van der Waals surface area contributed by atoms with Gasteiger partial charge in [-0.05, 0) is 59.9 Å². The predicted octanol–water partition coefficient (Wildman–Crippen LogP) is 7.67. The van der Waals surface area contributed by atoms with Crippen LogP contribution in [0.5, 0.6) is 11.5 Å². The van der Waals surface area contributed by atoms with Gasteiger partial charge in [0.15, 0.2) is 11.5 Å². The number of methoxy groups -OCH3 is 1. The molecule has 0 fully saturated rings. The first-order chi connectivity index (χ1) is 20.6. The van der Waals surface area contributed by atoms with E-state index in [9.17, 15) is 14.9 Å². The SMILES string of the molecule is COc1cc(C=Nc2sc3c(c2C(=O)NCc2ccco2)CC[C@H](C(C)(C)C)C3)c([N+](=O)[O-])cc1OCc1ccccc1. The Morgan fingerprint density at radius 2 is 1.98 bits per heavy atom. The average Bonchev–Trinajstić information content (AvgIpc) is 3.65. The summed E-state index contributed by atoms with van der Waals surface area (Å²) in [4.78, 5) is 31.0. The molecule has 0 aliphatic heterocycles. The van der Waals surface area contributed by atoms with Crippen LogP contribution < -0.4 is 14.8 Å². The van der Waals surface area contributed by atoms with Crippen molar-refractivity contribution >= 4 is 34.1 Å². The van der Waals surface area contributed by atoms with Crippen molar-refractivity contribution in [3.05, 3.63) is 104 Å². The van der Waals surface area contributed by atoms with Gasteiger partial charge in [0.1, 0.15) is 17.4 Å². The lowest BCUT2D eigenvalue weighted by molar-refractivity contribution is -0.385. The first-order valence-electron chi connectivity index (χ1n) is 14.2. The van der Waals surface area contributed by atoms with E-state index < -0.39 is 4.92 Å². The van der Waals surface area contributed by atoms with Crippen LogP contribution in [0.4, 0.5) is 10.7 Å². The first kappa shape index (κ1) is 30.0. The van der Waals surface area contributed by atoms with Gasteiger partial charge in [0.25, 0.3) is 11.6 Å². The molecule has 43 heavy (non-hydrogen) atoms. The number of carbonyl (C=O) groups is 1. The summed E-state index contributed by atoms with van der Waals surface area (Å²) in [5.41, 5.74) is 2.65. The number of amides is 1. The van der Waals surface area contributed by atoms with E-state index in [0.29, 0.717) is 28.0 Å². The van der Waals surface area contributed by atoms with E-state index >= 15 is 0 Å². The Kier molecular flexibility index (Phi) is 8.96. The highest BCUT2D eigenvalue weighted by molar-refractivity contribution is 7.16. The minimum absolute atomic E-state index is 0.133. The minimum atomic E-state index is -0.472. The van der Waals surface area contributed by atoms with E-state index in [-0.39, 0.29) is 41.5 Å². The van der Waals surface area contributed by atoms with Crippen LogP contribution in [0.1, 0.15) is 64.9 Å². The van der Waals surface area contributed by atoms with Gasteiger partial charge in [0, 0.05) is 11.1 Å². The fourth-order valence-electron chi connectivity index (χ4n) is 5.27. The molecule has 0 spiro atoms. The number of benzene rings is 2. The number of aliphatic imine (C=N–C) groups is 1. The van der Waals surface area contributed by atoms with Crippen molar-refractivity contribution in [2.75, 3.05) is 7.11 Å². The number of ether oxygens (including phenoxy) is 2. The molecule has 0 bridgehead atoms. The largest absolute Gasteiger partial charge is 0.493 e. The Morgan fingerprint density at radius 1 is 1.19 bits per heavy atom. The molecule has 1 atom stereocenters. The Balaban J connectivity index is 1.48. The number of hydrogen-bond acceptors (Lipinski definition) is 8. The highest BCUT2D eigenvalue weighted by atomic mass is 32.1. The summed E-state index contributed by atoms with van der Waals surface area (Å²) >= 11 is 1.48. The van der Waals surface area contributed by atoms with Crippen LogP contribution in [0.15, 0.2) is 70.3 Å². The third kappa shape index (κ3) is 6.97. The molecule has 0 radical (unpaired) electrons. The van der Waals surface area contributed by atoms with Crippen LogP contribution in [0, 0.1) is 21.4 Å². The van der Waals surface area contributed by atoms with E-state index in [1.54, 1.807) is 24.5 Å². The van der Waals surface area contributed by atoms with Crippen LogP contribution in [-0.2, 0) is 26.0 Å². The molecule has 1 amide bonds. The Hall–Kier alpha value is -4.44. The van der Waals surface area contributed by atoms with Gasteiger partial charge in [-0.15, -0.1) is 11.3 Å². The molecule has 2 aromatic heterocycles. The van der Waals surface area contributed by atoms with Gasteiger partial charge in [-0.25, -0.2) is 4.99 Å². The summed E-state index contributed by atoms with van der Waals surface area (Å²) in [7, 11) is 1.48. The lowest BCUT2D eigenvalue weighted by Gasteiger charge is -2.33. The van der Waals surface area contributed by atoms with Crippen LogP contribution in [0.2, 0.25) is 0 Å². The number of carbonyl (C=O) groups excluding carboxylic acids is 1. The van der Waals surface area contributed by atoms with Gasteiger partial charge in [-0.2, -0.15) is 0 Å². The second-order valence-electron chi connectivity index (χ2n) is 11.6. The molecular formula is C33H35N3O6S. The Bertz CT molecular complexity index is 1620. The van der Waals surface area contributed by atoms with Crippen molar-refractivity contribution in [1.82, 2.24) is 5.32 Å². The first-order valence-corrected chi connectivity index (χ1v) is 15.0. The average molecular weight is 602 g/mol. The monoisotopic (exact) mass is 601 g/mol. The molecule has 2 aromatic carbocycles. The minimum Gasteiger partial charge on any atom is -0.493 e. The fourth-order valence-corrected chi connectivity index (χ4v) is 6.54. The highest BCUT2D eigenvalue weighted by Gasteiger charge is 2.34. The van der Waals surface area contributed by atoms with Crippen LogP contribution >= 0.6 is 11.3 Å². The molecule has 1 aliphatic rings. The van der Waals surface area contributed by atoms with Crippen molar-refractivity contribution in [2.45, 2.75) is 53.2 Å². The van der Waals surface area contributed by atoms with E-state index in [1.807, 2.05) is 30.3 Å². The van der Waals surface area contributed by atoms with Crippen molar-refractivity contribution in [2.24, 2.45) is 16.3 Å². The van der Waals surface area contributed by atoms with Crippen molar-refractivity contribution in [1.29, 1.82) is 0 Å². The summed E-state index contributed by atoms with van der Waals surface area (Å²) in [6.07, 6.45) is 5.61. The Morgan fingerprint density at radius 3 is 2.65 bits per heavy atom. The third-order valence-electron chi connectivity index (χ3n) is 7.77. The maximum atomic E-state index is 13.5. The van der Waals surface area contributed by atoms with Crippen molar-refractivity contribution < 1.29 is 23.6 Å². The number of hydrogen-bond donors (Lipinski definition) is 1. The summed E-state index contributed by atoms with van der Waals surface area (Å²) in [5.74, 6) is 1.48. The van der Waals surface area contributed by atoms with Crippen LogP contribution in [0.25, 0.3) is 0 Å². The summed E-state index contributed by atoms with van der Waals surface area (Å²) in [6, 6.07) is 16.0. The van der Waals surface area contributed by atoms with Gasteiger partial charge in [0.05, 0.1) is 42.0 Å². The molecule has 4 aromatic rings. The molecule has 2 heterocycles. The summed E-state index contributed by atoms with van der Waals surface area (Å²) in [6.45, 7) is 7.20. The standard InChI is InChI=1S/C33H35N3O6S/c1-33(2,3)23-12-13-25-29(16-23)43-32(30(25)31(37)34-19-24-11-8-14-41-24)35-18-22-15-27(40-4)28(17-26(22)36(38)39)42-20-21-9-6-5-7-10-21/h5-11,14-15,17-18,23H,12-13,16,19-20H2,1-4H3,(H,34,37)/t23-/m0/s1. The quantitative estimate of drug-likeness (QED) is 0.113. The van der Waals surface area contributed by atoms with Gasteiger partial charge in [-0.1, -0.05) is 51.1 Å². The van der Waals surface area contributed by atoms with E-state index in [0.717, 1.165) is 35.3 Å². The molecule has 0 unspecified atom stereocenters. The number of nitrogens with one attached hydrogen (secondary N) is 1. The molecular weight excluding hydrogens is 566 g/mol. The van der Waals surface area contributed by atoms with Gasteiger partial charge >= 0.3 is 0 Å². The van der Waals surface area contributed by atoms with Gasteiger partial charge in [0.2, 0.25) is 0 Å². The highest BCUT2D eigenvalue weighted by Crippen LogP contribution is 2.45. The number of rotatable bonds is 10. The number of thiophene rings is 1. The second kappa shape index (κ2) is 12.8. The molecule has 224 valence electrons. The predicted molar refractivity (Wildman–Crippen MR) is 167 cm³/mol. The van der Waals surface area contributed by atoms with Crippen LogP contribution in [0.3, 0.4) is 0 Å². The zero-order chi connectivity index (χ0) is 30.6. The third-order valence-corrected chi connectivity index (χ3v) is 8.93. The van der Waals surface area contributed by atoms with Crippen LogP contribution in [-0.4, -0.2) is 24.2 Å². The molecule has 1 aliphatic carbocycles. The number of nitrogens with zero attached hydrogens (tertiary/aromatic N) is 2. The van der Waals surface area contributed by atoms with Gasteiger partial charge < -0.3 is 19.2 Å². The topological polar surface area (TPSA) is 116 Å². The molecule has 9 nitrogen and oxygen atoms in total. The normalized spacial score (nSPS) is 14.8. The van der Waals surface area contributed by atoms with Crippen molar-refractivity contribution in [3.8, 4) is 11.5 Å². The number of furan rings is 1. The smallest absolute Gasteiger partial charge is 0.282 e. The zero-order valence-corrected chi connectivity index (χ0v) is 25.5. The summed E-state index contributed by atoms with van der Waals surface area (Å²) in [5, 5.41) is 15.6. The molecule has 0 saturated carbocycles. The van der Waals surface area contributed by atoms with E-state index in [1.165, 1.54) is 30.7 Å². The Labute approximate surface area is 254 Å². The van der Waals surface area contributed by atoms with E-state index in [4.69, 9.17) is 13.9 Å². The summed E-state index contributed by atoms with van der Waals surface area (Å²) < 4.78 is 16.8. The maximum absolute atomic E-state index is 13.5. The zero-order valence-electron chi connectivity index (χ0n) is 24.7. The number of nitro benzene ring substituents is 1. The number of fused-ring (bicyclic) bond motifs is 1. The molecule has 0 saturated heterocycles. The molecule has 1 N–H and O–H groups in total. The van der Waals surface area contributed by atoms with Crippen molar-refractivity contribution in [3.63, 3.8) is 0 Å². The number of nitro groups is 1. The molecule has 10 heteroatoms.